The van der Waals surface area contributed by atoms with Crippen molar-refractivity contribution in [2.45, 2.75) is 0 Å². The molecule has 0 radical (unpaired) electrons. The van der Waals surface area contributed by atoms with Crippen LogP contribution in [0.25, 0.3) is 0 Å². The average Bonchev–Trinajstić information content (AvgIpc) is 2.84. The fraction of sp³-hybridized carbons (Fsp3) is 0.125. The SMILES string of the molecule is COC(=O)C1=C(C(=O)OC)N(c2cc(Cl)c(Br)c(Cl)c2Br)C=CC=C1. The quantitative estimate of drug-likeness (QED) is 0.324. The number of carbonyl (C=O) groups is 2. The molecule has 1 aromatic carbocycles. The number of nitrogens with zero attached hydrogens (tertiary/aromatic N) is 1. The van der Waals surface area contributed by atoms with Crippen LogP contribution in [0.15, 0.2) is 50.7 Å². The Balaban J connectivity index is 2.78. The largest absolute Gasteiger partial charge is 0.465 e. The highest BCUT2D eigenvalue weighted by Crippen LogP contribution is 2.44. The summed E-state index contributed by atoms with van der Waals surface area (Å²) < 4.78 is 10.6. The first-order valence-corrected chi connectivity index (χ1v) is 9.05. The molecule has 5 nitrogen and oxygen atoms in total. The lowest BCUT2D eigenvalue weighted by Gasteiger charge is -2.25. The lowest BCUT2D eigenvalue weighted by Crippen LogP contribution is -2.27. The Morgan fingerprint density at radius 3 is 2.28 bits per heavy atom. The molecule has 1 heterocycles. The van der Waals surface area contributed by atoms with Crippen molar-refractivity contribution in [3.8, 4) is 0 Å². The average molecular weight is 512 g/mol. The van der Waals surface area contributed by atoms with Gasteiger partial charge in [-0.2, -0.15) is 0 Å². The smallest absolute Gasteiger partial charge is 0.355 e. The van der Waals surface area contributed by atoms with Gasteiger partial charge in [0, 0.05) is 6.20 Å². The molecular weight excluding hydrogens is 501 g/mol. The Morgan fingerprint density at radius 1 is 1.04 bits per heavy atom. The first-order valence-electron chi connectivity index (χ1n) is 6.71. The molecule has 0 fully saturated rings. The van der Waals surface area contributed by atoms with E-state index in [2.05, 4.69) is 31.9 Å². The Hall–Kier alpha value is -1.28. The molecule has 2 rings (SSSR count). The number of anilines is 1. The number of rotatable bonds is 3. The second-order valence-corrected chi connectivity index (χ2v) is 7.01. The summed E-state index contributed by atoms with van der Waals surface area (Å²) >= 11 is 19.1. The maximum absolute atomic E-state index is 12.4. The van der Waals surface area contributed by atoms with Crippen LogP contribution in [0, 0.1) is 0 Å². The molecule has 0 atom stereocenters. The minimum Gasteiger partial charge on any atom is -0.465 e. The summed E-state index contributed by atoms with van der Waals surface area (Å²) in [6, 6.07) is 1.59. The third-order valence-electron chi connectivity index (χ3n) is 3.23. The molecule has 0 N–H and O–H groups in total. The number of esters is 2. The van der Waals surface area contributed by atoms with Gasteiger partial charge in [0.05, 0.1) is 44.5 Å². The van der Waals surface area contributed by atoms with Crippen LogP contribution in [0.2, 0.25) is 10.0 Å². The summed E-state index contributed by atoms with van der Waals surface area (Å²) in [5, 5.41) is 0.648. The second kappa shape index (κ2) is 8.40. The van der Waals surface area contributed by atoms with Gasteiger partial charge < -0.3 is 14.4 Å². The molecule has 0 aliphatic carbocycles. The molecule has 0 spiro atoms. The van der Waals surface area contributed by atoms with Gasteiger partial charge in [0.2, 0.25) is 0 Å². The van der Waals surface area contributed by atoms with Gasteiger partial charge in [-0.1, -0.05) is 29.3 Å². The molecule has 1 aromatic rings. The molecule has 0 amide bonds. The second-order valence-electron chi connectivity index (χ2n) is 4.64. The molecule has 0 bridgehead atoms. The van der Waals surface area contributed by atoms with Crippen molar-refractivity contribution in [2.75, 3.05) is 19.1 Å². The molecule has 132 valence electrons. The Kier molecular flexibility index (Phi) is 6.73. The number of hydrogen-bond donors (Lipinski definition) is 0. The number of allylic oxidation sites excluding steroid dienone is 2. The van der Waals surface area contributed by atoms with Gasteiger partial charge >= 0.3 is 11.9 Å². The van der Waals surface area contributed by atoms with E-state index in [-0.39, 0.29) is 11.3 Å². The van der Waals surface area contributed by atoms with Crippen molar-refractivity contribution < 1.29 is 19.1 Å². The lowest BCUT2D eigenvalue weighted by molar-refractivity contribution is -0.139. The zero-order valence-electron chi connectivity index (χ0n) is 13.0. The third-order valence-corrected chi connectivity index (χ3v) is 6.22. The van der Waals surface area contributed by atoms with Crippen LogP contribution in [0.4, 0.5) is 5.69 Å². The van der Waals surface area contributed by atoms with E-state index in [9.17, 15) is 9.59 Å². The zero-order chi connectivity index (χ0) is 18.7. The molecule has 1 aliphatic rings. The van der Waals surface area contributed by atoms with E-state index in [4.69, 9.17) is 32.7 Å². The maximum Gasteiger partial charge on any atom is 0.355 e. The summed E-state index contributed by atoms with van der Waals surface area (Å²) in [5.74, 6) is -1.41. The summed E-state index contributed by atoms with van der Waals surface area (Å²) in [6.45, 7) is 0. The van der Waals surface area contributed by atoms with Gasteiger partial charge in [-0.3, -0.25) is 0 Å². The van der Waals surface area contributed by atoms with Crippen LogP contribution >= 0.6 is 55.1 Å². The fourth-order valence-corrected chi connectivity index (χ4v) is 3.61. The normalized spacial score (nSPS) is 13.8. The van der Waals surface area contributed by atoms with Crippen LogP contribution in [-0.4, -0.2) is 26.2 Å². The molecular formula is C16H11Br2Cl2NO4. The molecule has 25 heavy (non-hydrogen) atoms. The van der Waals surface area contributed by atoms with Gasteiger partial charge in [0.15, 0.2) is 0 Å². The summed E-state index contributed by atoms with van der Waals surface area (Å²) in [5.41, 5.74) is 0.441. The Bertz CT molecular complexity index is 834. The van der Waals surface area contributed by atoms with E-state index in [0.29, 0.717) is 24.7 Å². The van der Waals surface area contributed by atoms with Crippen LogP contribution in [-0.2, 0) is 19.1 Å². The number of halogens is 4. The highest BCUT2D eigenvalue weighted by atomic mass is 79.9. The highest BCUT2D eigenvalue weighted by molar-refractivity contribution is 9.11. The summed E-state index contributed by atoms with van der Waals surface area (Å²) in [4.78, 5) is 26.0. The fourth-order valence-electron chi connectivity index (χ4n) is 2.09. The van der Waals surface area contributed by atoms with E-state index in [0.717, 1.165) is 0 Å². The predicted molar refractivity (Wildman–Crippen MR) is 104 cm³/mol. The molecule has 0 unspecified atom stereocenters. The predicted octanol–water partition coefficient (Wildman–Crippen LogP) is 5.01. The number of carbonyl (C=O) groups excluding carboxylic acids is 2. The number of hydrogen-bond acceptors (Lipinski definition) is 5. The molecule has 0 aromatic heterocycles. The monoisotopic (exact) mass is 509 g/mol. The lowest BCUT2D eigenvalue weighted by atomic mass is 10.1. The molecule has 9 heteroatoms. The van der Waals surface area contributed by atoms with Gasteiger partial charge in [0.1, 0.15) is 5.70 Å². The van der Waals surface area contributed by atoms with E-state index in [1.807, 2.05) is 0 Å². The standard InChI is InChI=1S/C16H11Br2Cl2NO4/c1-24-15(22)8-5-3-4-6-21(14(8)16(23)25-2)10-7-9(19)11(17)13(20)12(10)18/h3-7H,1-2H3. The van der Waals surface area contributed by atoms with Crippen molar-refractivity contribution in [3.05, 3.63) is 60.8 Å². The van der Waals surface area contributed by atoms with E-state index >= 15 is 0 Å². The van der Waals surface area contributed by atoms with Gasteiger partial charge in [-0.05, 0) is 50.1 Å². The van der Waals surface area contributed by atoms with Gasteiger partial charge in [0.25, 0.3) is 0 Å². The molecule has 0 saturated carbocycles. The summed E-state index contributed by atoms with van der Waals surface area (Å²) in [7, 11) is 2.45. The van der Waals surface area contributed by atoms with E-state index < -0.39 is 11.9 Å². The topological polar surface area (TPSA) is 55.8 Å². The van der Waals surface area contributed by atoms with Crippen LogP contribution in [0.3, 0.4) is 0 Å². The van der Waals surface area contributed by atoms with E-state index in [1.54, 1.807) is 24.4 Å². The zero-order valence-corrected chi connectivity index (χ0v) is 17.7. The first-order chi connectivity index (χ1) is 11.8. The van der Waals surface area contributed by atoms with Crippen molar-refractivity contribution >= 4 is 72.7 Å². The van der Waals surface area contributed by atoms with E-state index in [1.165, 1.54) is 25.2 Å². The van der Waals surface area contributed by atoms with Gasteiger partial charge in [-0.25, -0.2) is 9.59 Å². The van der Waals surface area contributed by atoms with Crippen molar-refractivity contribution in [1.29, 1.82) is 0 Å². The van der Waals surface area contributed by atoms with Crippen LogP contribution in [0.1, 0.15) is 0 Å². The molecule has 1 aliphatic heterocycles. The highest BCUT2D eigenvalue weighted by Gasteiger charge is 2.29. The minimum atomic E-state index is -0.723. The maximum atomic E-state index is 12.4. The molecule has 0 saturated heterocycles. The third kappa shape index (κ3) is 3.95. The number of methoxy groups -OCH3 is 2. The summed E-state index contributed by atoms with van der Waals surface area (Å²) in [6.07, 6.45) is 6.30. The van der Waals surface area contributed by atoms with Crippen molar-refractivity contribution in [3.63, 3.8) is 0 Å². The first kappa shape index (κ1) is 20.0. The van der Waals surface area contributed by atoms with Gasteiger partial charge in [-0.15, -0.1) is 0 Å². The Morgan fingerprint density at radius 2 is 1.68 bits per heavy atom. The van der Waals surface area contributed by atoms with Crippen molar-refractivity contribution in [2.24, 2.45) is 0 Å². The number of ether oxygens (including phenoxy) is 2. The minimum absolute atomic E-state index is 0.0291. The van der Waals surface area contributed by atoms with Crippen LogP contribution < -0.4 is 4.90 Å². The van der Waals surface area contributed by atoms with Crippen molar-refractivity contribution in [1.82, 2.24) is 0 Å². The van der Waals surface area contributed by atoms with Crippen LogP contribution in [0.5, 0.6) is 0 Å². The Labute approximate surface area is 171 Å². The number of benzene rings is 1.